The van der Waals surface area contributed by atoms with Crippen LogP contribution in [0.25, 0.3) is 0 Å². The molecule has 0 radical (unpaired) electrons. The Morgan fingerprint density at radius 1 is 1.29 bits per heavy atom. The molecule has 4 heteroatoms. The van der Waals surface area contributed by atoms with Gasteiger partial charge >= 0.3 is 0 Å². The van der Waals surface area contributed by atoms with Gasteiger partial charge in [-0.3, -0.25) is 0 Å². The van der Waals surface area contributed by atoms with Crippen molar-refractivity contribution in [1.82, 2.24) is 5.32 Å². The number of nitrogens with zero attached hydrogens (tertiary/aromatic N) is 1. The standard InChI is InChI=1S/C17H29ClN2O/c1-4-10-19-14(2)15-8-9-17(16(18)13-15)20(3)11-6-5-7-12-21/h8-9,13-14,19,21H,4-7,10-12H2,1-3H3. The van der Waals surface area contributed by atoms with E-state index in [0.717, 1.165) is 49.5 Å². The number of hydrogen-bond donors (Lipinski definition) is 2. The van der Waals surface area contributed by atoms with E-state index < -0.39 is 0 Å². The molecule has 3 nitrogen and oxygen atoms in total. The van der Waals surface area contributed by atoms with E-state index in [1.54, 1.807) is 0 Å². The molecule has 0 saturated carbocycles. The van der Waals surface area contributed by atoms with Crippen molar-refractivity contribution in [2.24, 2.45) is 0 Å². The van der Waals surface area contributed by atoms with Crippen LogP contribution in [-0.2, 0) is 0 Å². The van der Waals surface area contributed by atoms with Crippen LogP contribution >= 0.6 is 11.6 Å². The second kappa shape index (κ2) is 10.0. The van der Waals surface area contributed by atoms with Gasteiger partial charge in [-0.15, -0.1) is 0 Å². The minimum Gasteiger partial charge on any atom is -0.396 e. The number of aliphatic hydroxyl groups is 1. The van der Waals surface area contributed by atoms with Crippen LogP contribution in [0.15, 0.2) is 18.2 Å². The van der Waals surface area contributed by atoms with Crippen LogP contribution in [0.1, 0.15) is 51.1 Å². The van der Waals surface area contributed by atoms with Crippen molar-refractivity contribution < 1.29 is 5.11 Å². The molecule has 1 aromatic rings. The van der Waals surface area contributed by atoms with Crippen LogP contribution in [0.5, 0.6) is 0 Å². The molecule has 120 valence electrons. The first kappa shape index (κ1) is 18.3. The van der Waals surface area contributed by atoms with Gasteiger partial charge in [-0.05, 0) is 56.8 Å². The predicted molar refractivity (Wildman–Crippen MR) is 92.4 cm³/mol. The molecule has 0 bridgehead atoms. The number of hydrogen-bond acceptors (Lipinski definition) is 3. The Balaban J connectivity index is 2.60. The molecular weight excluding hydrogens is 284 g/mol. The van der Waals surface area contributed by atoms with E-state index in [1.807, 2.05) is 0 Å². The largest absolute Gasteiger partial charge is 0.396 e. The van der Waals surface area contributed by atoms with Gasteiger partial charge in [-0.25, -0.2) is 0 Å². The third-order valence-corrected chi connectivity index (χ3v) is 4.04. The molecule has 0 spiro atoms. The van der Waals surface area contributed by atoms with Gasteiger partial charge in [0.2, 0.25) is 0 Å². The van der Waals surface area contributed by atoms with Gasteiger partial charge in [0.1, 0.15) is 0 Å². The number of benzene rings is 1. The molecule has 0 aliphatic rings. The number of unbranched alkanes of at least 4 members (excludes halogenated alkanes) is 2. The van der Waals surface area contributed by atoms with Gasteiger partial charge in [0.15, 0.2) is 0 Å². The lowest BCUT2D eigenvalue weighted by molar-refractivity contribution is 0.283. The number of aliphatic hydroxyl groups excluding tert-OH is 1. The molecule has 0 aromatic heterocycles. The maximum atomic E-state index is 8.80. The van der Waals surface area contributed by atoms with Gasteiger partial charge in [0, 0.05) is 26.2 Å². The first-order valence-electron chi connectivity index (χ1n) is 7.95. The summed E-state index contributed by atoms with van der Waals surface area (Å²) in [5, 5.41) is 13.1. The summed E-state index contributed by atoms with van der Waals surface area (Å²) < 4.78 is 0. The fourth-order valence-electron chi connectivity index (χ4n) is 2.34. The van der Waals surface area contributed by atoms with Crippen LogP contribution in [0.2, 0.25) is 5.02 Å². The Morgan fingerprint density at radius 3 is 2.67 bits per heavy atom. The van der Waals surface area contributed by atoms with E-state index in [2.05, 4.69) is 49.3 Å². The zero-order chi connectivity index (χ0) is 15.7. The van der Waals surface area contributed by atoms with E-state index in [9.17, 15) is 0 Å². The molecule has 1 unspecified atom stereocenters. The quantitative estimate of drug-likeness (QED) is 0.641. The highest BCUT2D eigenvalue weighted by atomic mass is 35.5. The van der Waals surface area contributed by atoms with Crippen molar-refractivity contribution in [3.8, 4) is 0 Å². The predicted octanol–water partition coefficient (Wildman–Crippen LogP) is 4.00. The van der Waals surface area contributed by atoms with Crippen LogP contribution < -0.4 is 10.2 Å². The maximum Gasteiger partial charge on any atom is 0.0642 e. The van der Waals surface area contributed by atoms with Crippen LogP contribution in [0.4, 0.5) is 5.69 Å². The summed E-state index contributed by atoms with van der Waals surface area (Å²) in [6.07, 6.45) is 4.13. The van der Waals surface area contributed by atoms with Gasteiger partial charge in [0.05, 0.1) is 10.7 Å². The molecule has 1 atom stereocenters. The zero-order valence-corrected chi connectivity index (χ0v) is 14.3. The normalized spacial score (nSPS) is 12.4. The summed E-state index contributed by atoms with van der Waals surface area (Å²) in [6.45, 7) is 6.59. The van der Waals surface area contributed by atoms with Gasteiger partial charge in [0.25, 0.3) is 0 Å². The van der Waals surface area contributed by atoms with E-state index in [0.29, 0.717) is 6.04 Å². The summed E-state index contributed by atoms with van der Waals surface area (Å²) in [6, 6.07) is 6.65. The van der Waals surface area contributed by atoms with Crippen molar-refractivity contribution in [2.45, 2.75) is 45.6 Å². The average Bonchev–Trinajstić information content (AvgIpc) is 2.48. The number of anilines is 1. The van der Waals surface area contributed by atoms with Gasteiger partial charge in [-0.2, -0.15) is 0 Å². The molecule has 0 aliphatic heterocycles. The summed E-state index contributed by atoms with van der Waals surface area (Å²) >= 11 is 6.43. The SMILES string of the molecule is CCCNC(C)c1ccc(N(C)CCCCCO)c(Cl)c1. The smallest absolute Gasteiger partial charge is 0.0642 e. The topological polar surface area (TPSA) is 35.5 Å². The molecule has 0 amide bonds. The molecule has 0 heterocycles. The Kier molecular flexibility index (Phi) is 8.74. The molecule has 1 rings (SSSR count). The first-order chi connectivity index (χ1) is 10.1. The molecule has 0 fully saturated rings. The second-order valence-electron chi connectivity index (χ2n) is 5.59. The van der Waals surface area contributed by atoms with E-state index >= 15 is 0 Å². The third kappa shape index (κ3) is 6.25. The van der Waals surface area contributed by atoms with Crippen LogP contribution in [-0.4, -0.2) is 31.9 Å². The highest BCUT2D eigenvalue weighted by molar-refractivity contribution is 6.33. The Hall–Kier alpha value is -0.770. The van der Waals surface area contributed by atoms with E-state index in [1.165, 1.54) is 5.56 Å². The average molecular weight is 313 g/mol. The number of nitrogens with one attached hydrogen (secondary N) is 1. The molecule has 1 aromatic carbocycles. The first-order valence-corrected chi connectivity index (χ1v) is 8.32. The van der Waals surface area contributed by atoms with Crippen molar-refractivity contribution in [3.63, 3.8) is 0 Å². The van der Waals surface area contributed by atoms with Crippen molar-refractivity contribution >= 4 is 17.3 Å². The minimum atomic E-state index is 0.280. The Morgan fingerprint density at radius 2 is 2.05 bits per heavy atom. The van der Waals surface area contributed by atoms with Crippen molar-refractivity contribution in [2.75, 3.05) is 31.6 Å². The second-order valence-corrected chi connectivity index (χ2v) is 6.00. The summed E-state index contributed by atoms with van der Waals surface area (Å²) in [7, 11) is 2.07. The summed E-state index contributed by atoms with van der Waals surface area (Å²) in [4.78, 5) is 2.19. The lowest BCUT2D eigenvalue weighted by Crippen LogP contribution is -2.21. The molecule has 2 N–H and O–H groups in total. The minimum absolute atomic E-state index is 0.280. The summed E-state index contributed by atoms with van der Waals surface area (Å²) in [5.41, 5.74) is 2.30. The lowest BCUT2D eigenvalue weighted by atomic mass is 10.1. The summed E-state index contributed by atoms with van der Waals surface area (Å²) in [5.74, 6) is 0. The van der Waals surface area contributed by atoms with E-state index in [-0.39, 0.29) is 6.61 Å². The lowest BCUT2D eigenvalue weighted by Gasteiger charge is -2.22. The number of halogens is 1. The Labute approximate surface area is 134 Å². The van der Waals surface area contributed by atoms with Gasteiger partial charge < -0.3 is 15.3 Å². The van der Waals surface area contributed by atoms with Crippen molar-refractivity contribution in [1.29, 1.82) is 0 Å². The van der Waals surface area contributed by atoms with Gasteiger partial charge in [-0.1, -0.05) is 24.6 Å². The molecule has 21 heavy (non-hydrogen) atoms. The monoisotopic (exact) mass is 312 g/mol. The molecule has 0 saturated heterocycles. The Bertz CT molecular complexity index is 412. The fraction of sp³-hybridized carbons (Fsp3) is 0.647. The van der Waals surface area contributed by atoms with E-state index in [4.69, 9.17) is 16.7 Å². The fourth-order valence-corrected chi connectivity index (χ4v) is 2.67. The van der Waals surface area contributed by atoms with Crippen molar-refractivity contribution in [3.05, 3.63) is 28.8 Å². The third-order valence-electron chi connectivity index (χ3n) is 3.74. The highest BCUT2D eigenvalue weighted by Crippen LogP contribution is 2.28. The van der Waals surface area contributed by atoms with Crippen LogP contribution in [0.3, 0.4) is 0 Å². The highest BCUT2D eigenvalue weighted by Gasteiger charge is 2.10. The molecule has 0 aliphatic carbocycles. The van der Waals surface area contributed by atoms with Crippen LogP contribution in [0, 0.1) is 0 Å². The number of rotatable bonds is 10. The molecular formula is C17H29ClN2O. The maximum absolute atomic E-state index is 8.80. The zero-order valence-electron chi connectivity index (χ0n) is 13.5.